The molecule has 1 amide bonds. The van der Waals surface area contributed by atoms with Gasteiger partial charge in [0, 0.05) is 10.7 Å². The maximum absolute atomic E-state index is 12.8. The van der Waals surface area contributed by atoms with Crippen molar-refractivity contribution in [3.05, 3.63) is 64.7 Å². The fourth-order valence-corrected chi connectivity index (χ4v) is 3.62. The Morgan fingerprint density at radius 1 is 1.15 bits per heavy atom. The number of carbonyl (C=O) groups is 2. The lowest BCUT2D eigenvalue weighted by atomic mass is 9.79. The van der Waals surface area contributed by atoms with Crippen LogP contribution in [-0.4, -0.2) is 18.5 Å². The number of esters is 1. The van der Waals surface area contributed by atoms with Crippen molar-refractivity contribution in [3.8, 4) is 6.07 Å². The highest BCUT2D eigenvalue weighted by Gasteiger charge is 2.44. The molecule has 3 rings (SSSR count). The fourth-order valence-electron chi connectivity index (χ4n) is 3.49. The van der Waals surface area contributed by atoms with Crippen LogP contribution < -0.4 is 5.32 Å². The topological polar surface area (TPSA) is 79.2 Å². The largest absolute Gasteiger partial charge is 0.455 e. The molecule has 1 fully saturated rings. The first-order valence-corrected chi connectivity index (χ1v) is 9.14. The quantitative estimate of drug-likeness (QED) is 0.786. The molecule has 0 bridgehead atoms. The number of amides is 1. The Kier molecular flexibility index (Phi) is 5.78. The van der Waals surface area contributed by atoms with Crippen molar-refractivity contribution in [1.29, 1.82) is 5.26 Å². The molecule has 5 nitrogen and oxygen atoms in total. The van der Waals surface area contributed by atoms with Crippen LogP contribution in [0.25, 0.3) is 0 Å². The normalized spacial score (nSPS) is 15.0. The number of halogens is 1. The molecule has 0 heterocycles. The molecule has 0 saturated heterocycles. The molecule has 6 heteroatoms. The average Bonchev–Trinajstić information content (AvgIpc) is 3.18. The van der Waals surface area contributed by atoms with E-state index in [9.17, 15) is 9.59 Å². The zero-order valence-electron chi connectivity index (χ0n) is 14.7. The second kappa shape index (κ2) is 8.24. The van der Waals surface area contributed by atoms with E-state index in [0.29, 0.717) is 29.1 Å². The third kappa shape index (κ3) is 4.29. The summed E-state index contributed by atoms with van der Waals surface area (Å²) < 4.78 is 5.36. The molecule has 138 valence electrons. The number of ether oxygens (including phenoxy) is 1. The number of carbonyl (C=O) groups excluding carboxylic acids is 2. The highest BCUT2D eigenvalue weighted by Crippen LogP contribution is 2.42. The van der Waals surface area contributed by atoms with Crippen molar-refractivity contribution in [2.24, 2.45) is 0 Å². The van der Waals surface area contributed by atoms with Gasteiger partial charge in [0.25, 0.3) is 5.91 Å². The van der Waals surface area contributed by atoms with Gasteiger partial charge >= 0.3 is 5.97 Å². The van der Waals surface area contributed by atoms with Gasteiger partial charge in [0.1, 0.15) is 0 Å². The van der Waals surface area contributed by atoms with E-state index in [4.69, 9.17) is 21.6 Å². The number of benzene rings is 2. The SMILES string of the molecule is N#Cc1cccc(NC(=O)COC(=O)C2(c3ccc(Cl)cc3)CCCC2)c1. The number of nitriles is 1. The minimum atomic E-state index is -0.717. The maximum atomic E-state index is 12.8. The van der Waals surface area contributed by atoms with Gasteiger partial charge in [-0.3, -0.25) is 9.59 Å². The van der Waals surface area contributed by atoms with Crippen LogP contribution in [0.4, 0.5) is 5.69 Å². The first kappa shape index (κ1) is 18.9. The van der Waals surface area contributed by atoms with Crippen LogP contribution >= 0.6 is 11.6 Å². The van der Waals surface area contributed by atoms with Crippen LogP contribution in [0.2, 0.25) is 5.02 Å². The van der Waals surface area contributed by atoms with Crippen molar-refractivity contribution in [2.45, 2.75) is 31.1 Å². The highest BCUT2D eigenvalue weighted by atomic mass is 35.5. The van der Waals surface area contributed by atoms with Crippen LogP contribution in [0.1, 0.15) is 36.8 Å². The minimum Gasteiger partial charge on any atom is -0.455 e. The predicted octanol–water partition coefficient (Wildman–Crippen LogP) is 4.21. The molecule has 1 aliphatic rings. The molecular weight excluding hydrogens is 364 g/mol. The zero-order chi connectivity index (χ0) is 19.3. The summed E-state index contributed by atoms with van der Waals surface area (Å²) in [4.78, 5) is 25.0. The van der Waals surface area contributed by atoms with Crippen molar-refractivity contribution < 1.29 is 14.3 Å². The predicted molar refractivity (Wildman–Crippen MR) is 102 cm³/mol. The van der Waals surface area contributed by atoms with E-state index in [1.807, 2.05) is 18.2 Å². The summed E-state index contributed by atoms with van der Waals surface area (Å²) in [6.07, 6.45) is 3.26. The summed E-state index contributed by atoms with van der Waals surface area (Å²) in [7, 11) is 0. The Labute approximate surface area is 162 Å². The Morgan fingerprint density at radius 2 is 1.85 bits per heavy atom. The molecule has 0 spiro atoms. The lowest BCUT2D eigenvalue weighted by Gasteiger charge is -2.27. The van der Waals surface area contributed by atoms with Crippen LogP contribution in [0.5, 0.6) is 0 Å². The number of hydrogen-bond acceptors (Lipinski definition) is 4. The standard InChI is InChI=1S/C21H19ClN2O3/c22-17-8-6-16(7-9-17)21(10-1-2-11-21)20(26)27-14-19(25)24-18-5-3-4-15(12-18)13-23/h3-9,12H,1-2,10-11,14H2,(H,24,25). The zero-order valence-corrected chi connectivity index (χ0v) is 15.5. The van der Waals surface area contributed by atoms with Gasteiger partial charge in [0.05, 0.1) is 17.0 Å². The maximum Gasteiger partial charge on any atom is 0.317 e. The lowest BCUT2D eigenvalue weighted by Crippen LogP contribution is -2.36. The molecule has 0 aromatic heterocycles. The van der Waals surface area contributed by atoms with Gasteiger partial charge in [-0.25, -0.2) is 0 Å². The van der Waals surface area contributed by atoms with E-state index in [1.54, 1.807) is 36.4 Å². The van der Waals surface area contributed by atoms with E-state index in [-0.39, 0.29) is 12.6 Å². The molecule has 0 aliphatic heterocycles. The molecule has 1 N–H and O–H groups in total. The number of rotatable bonds is 5. The highest BCUT2D eigenvalue weighted by molar-refractivity contribution is 6.30. The second-order valence-corrected chi connectivity index (χ2v) is 7.05. The Morgan fingerprint density at radius 3 is 2.52 bits per heavy atom. The lowest BCUT2D eigenvalue weighted by molar-refractivity contribution is -0.153. The summed E-state index contributed by atoms with van der Waals surface area (Å²) in [5.41, 5.74) is 1.09. The third-order valence-corrected chi connectivity index (χ3v) is 5.11. The number of nitrogens with one attached hydrogen (secondary N) is 1. The van der Waals surface area contributed by atoms with Crippen molar-refractivity contribution in [2.75, 3.05) is 11.9 Å². The summed E-state index contributed by atoms with van der Waals surface area (Å²) in [6.45, 7) is -0.370. The average molecular weight is 383 g/mol. The second-order valence-electron chi connectivity index (χ2n) is 6.61. The fraction of sp³-hybridized carbons (Fsp3) is 0.286. The van der Waals surface area contributed by atoms with E-state index < -0.39 is 11.3 Å². The Bertz CT molecular complexity index is 881. The van der Waals surface area contributed by atoms with Crippen LogP contribution in [0, 0.1) is 11.3 Å². The molecule has 0 radical (unpaired) electrons. The van der Waals surface area contributed by atoms with Crippen molar-refractivity contribution >= 4 is 29.2 Å². The molecular formula is C21H19ClN2O3. The molecule has 1 saturated carbocycles. The van der Waals surface area contributed by atoms with Gasteiger partial charge in [-0.2, -0.15) is 5.26 Å². The molecule has 0 atom stereocenters. The smallest absolute Gasteiger partial charge is 0.317 e. The summed E-state index contributed by atoms with van der Waals surface area (Å²) in [6, 6.07) is 15.8. The molecule has 2 aromatic carbocycles. The van der Waals surface area contributed by atoms with Crippen LogP contribution in [0.3, 0.4) is 0 Å². The summed E-state index contributed by atoms with van der Waals surface area (Å²) in [5.74, 6) is -0.828. The van der Waals surface area contributed by atoms with Gasteiger partial charge in [-0.15, -0.1) is 0 Å². The molecule has 2 aromatic rings. The number of nitrogens with zero attached hydrogens (tertiary/aromatic N) is 1. The van der Waals surface area contributed by atoms with E-state index >= 15 is 0 Å². The monoisotopic (exact) mass is 382 g/mol. The van der Waals surface area contributed by atoms with Crippen molar-refractivity contribution in [1.82, 2.24) is 0 Å². The van der Waals surface area contributed by atoms with Gasteiger partial charge in [0.2, 0.25) is 0 Å². The van der Waals surface area contributed by atoms with Gasteiger partial charge in [0.15, 0.2) is 6.61 Å². The van der Waals surface area contributed by atoms with E-state index in [0.717, 1.165) is 18.4 Å². The molecule has 27 heavy (non-hydrogen) atoms. The molecule has 1 aliphatic carbocycles. The molecule has 0 unspecified atom stereocenters. The van der Waals surface area contributed by atoms with Gasteiger partial charge < -0.3 is 10.1 Å². The van der Waals surface area contributed by atoms with E-state index in [2.05, 4.69) is 5.32 Å². The summed E-state index contributed by atoms with van der Waals surface area (Å²) >= 11 is 5.96. The van der Waals surface area contributed by atoms with E-state index in [1.165, 1.54) is 0 Å². The first-order valence-electron chi connectivity index (χ1n) is 8.77. The summed E-state index contributed by atoms with van der Waals surface area (Å²) in [5, 5.41) is 12.2. The van der Waals surface area contributed by atoms with Crippen LogP contribution in [0.15, 0.2) is 48.5 Å². The third-order valence-electron chi connectivity index (χ3n) is 4.85. The number of anilines is 1. The minimum absolute atomic E-state index is 0.370. The Balaban J connectivity index is 1.65. The van der Waals surface area contributed by atoms with Gasteiger partial charge in [-0.05, 0) is 48.7 Å². The van der Waals surface area contributed by atoms with Gasteiger partial charge in [-0.1, -0.05) is 42.6 Å². The number of hydrogen-bond donors (Lipinski definition) is 1. The van der Waals surface area contributed by atoms with Crippen molar-refractivity contribution in [3.63, 3.8) is 0 Å². The Hall–Kier alpha value is -2.84. The van der Waals surface area contributed by atoms with Crippen LogP contribution in [-0.2, 0) is 19.7 Å². The first-order chi connectivity index (χ1) is 13.0.